The number of aryl methyl sites for hydroxylation is 1. The second kappa shape index (κ2) is 3.71. The van der Waals surface area contributed by atoms with Gasteiger partial charge in [-0.1, -0.05) is 9.70 Å². The summed E-state index contributed by atoms with van der Waals surface area (Å²) >= 11 is 4.36. The van der Waals surface area contributed by atoms with Crippen molar-refractivity contribution < 1.29 is 5.11 Å². The lowest BCUT2D eigenvalue weighted by Crippen LogP contribution is -2.05. The van der Waals surface area contributed by atoms with Crippen molar-refractivity contribution in [3.05, 3.63) is 21.4 Å². The van der Waals surface area contributed by atoms with Gasteiger partial charge in [-0.3, -0.25) is 0 Å². The van der Waals surface area contributed by atoms with Crippen molar-refractivity contribution in [2.75, 3.05) is 0 Å². The van der Waals surface area contributed by atoms with E-state index < -0.39 is 6.10 Å². The molecule has 0 amide bonds. The molecule has 8 heteroatoms. The van der Waals surface area contributed by atoms with Gasteiger partial charge in [-0.05, 0) is 27.5 Å². The monoisotopic (exact) mass is 275 g/mol. The van der Waals surface area contributed by atoms with Crippen molar-refractivity contribution in [3.8, 4) is 0 Å². The molecule has 6 nitrogen and oxygen atoms in total. The highest BCUT2D eigenvalue weighted by Gasteiger charge is 2.20. The summed E-state index contributed by atoms with van der Waals surface area (Å²) in [6.45, 7) is 0. The Hall–Kier alpha value is -0.860. The van der Waals surface area contributed by atoms with Crippen LogP contribution in [0.1, 0.15) is 16.7 Å². The third-order valence-corrected chi connectivity index (χ3v) is 3.01. The normalized spacial score (nSPS) is 13.1. The SMILES string of the molecule is Cn1nnc(Br)c1C(O)c1cnns1. The molecule has 0 saturated carbocycles. The molecule has 0 aliphatic heterocycles. The number of aliphatic hydroxyl groups excluding tert-OH is 1. The molecule has 2 aromatic heterocycles. The van der Waals surface area contributed by atoms with Gasteiger partial charge >= 0.3 is 0 Å². The second-order valence-electron chi connectivity index (χ2n) is 2.61. The molecule has 2 rings (SSSR count). The summed E-state index contributed by atoms with van der Waals surface area (Å²) in [5.41, 5.74) is 0.594. The number of aliphatic hydroxyl groups is 1. The Kier molecular flexibility index (Phi) is 2.57. The maximum atomic E-state index is 9.93. The average Bonchev–Trinajstić information content (AvgIpc) is 2.75. The zero-order valence-corrected chi connectivity index (χ0v) is 9.53. The van der Waals surface area contributed by atoms with Crippen molar-refractivity contribution >= 4 is 27.5 Å². The van der Waals surface area contributed by atoms with Gasteiger partial charge in [-0.25, -0.2) is 4.68 Å². The van der Waals surface area contributed by atoms with Crippen LogP contribution in [0.25, 0.3) is 0 Å². The van der Waals surface area contributed by atoms with Crippen LogP contribution in [0, 0.1) is 0 Å². The van der Waals surface area contributed by atoms with Crippen molar-refractivity contribution in [2.45, 2.75) is 6.10 Å². The number of rotatable bonds is 2. The van der Waals surface area contributed by atoms with E-state index in [0.717, 1.165) is 11.5 Å². The smallest absolute Gasteiger partial charge is 0.154 e. The van der Waals surface area contributed by atoms with Gasteiger partial charge in [-0.15, -0.1) is 10.2 Å². The number of aromatic nitrogens is 5. The Morgan fingerprint density at radius 3 is 2.93 bits per heavy atom. The fourth-order valence-electron chi connectivity index (χ4n) is 1.06. The van der Waals surface area contributed by atoms with E-state index in [1.807, 2.05) is 0 Å². The van der Waals surface area contributed by atoms with E-state index in [1.54, 1.807) is 7.05 Å². The third kappa shape index (κ3) is 1.56. The van der Waals surface area contributed by atoms with E-state index in [4.69, 9.17) is 0 Å². The molecule has 74 valence electrons. The van der Waals surface area contributed by atoms with E-state index >= 15 is 0 Å². The van der Waals surface area contributed by atoms with Crippen LogP contribution in [0.2, 0.25) is 0 Å². The predicted molar refractivity (Wildman–Crippen MR) is 52.7 cm³/mol. The predicted octanol–water partition coefficient (Wildman–Crippen LogP) is 0.511. The van der Waals surface area contributed by atoms with Gasteiger partial charge in [0.1, 0.15) is 11.8 Å². The molecule has 0 fully saturated rings. The lowest BCUT2D eigenvalue weighted by molar-refractivity contribution is 0.212. The van der Waals surface area contributed by atoms with Crippen molar-refractivity contribution in [1.29, 1.82) is 0 Å². The summed E-state index contributed by atoms with van der Waals surface area (Å²) in [6.07, 6.45) is 0.735. The topological polar surface area (TPSA) is 76.7 Å². The minimum Gasteiger partial charge on any atom is -0.381 e. The van der Waals surface area contributed by atoms with Gasteiger partial charge in [0.05, 0.1) is 11.1 Å². The van der Waals surface area contributed by atoms with E-state index in [2.05, 4.69) is 35.8 Å². The first kappa shape index (κ1) is 9.69. The number of nitrogens with zero attached hydrogens (tertiary/aromatic N) is 5. The van der Waals surface area contributed by atoms with Gasteiger partial charge in [0.25, 0.3) is 0 Å². The first-order chi connectivity index (χ1) is 6.70. The summed E-state index contributed by atoms with van der Waals surface area (Å²) in [5, 5.41) is 21.1. The fourth-order valence-corrected chi connectivity index (χ4v) is 2.10. The van der Waals surface area contributed by atoms with E-state index in [0.29, 0.717) is 15.2 Å². The van der Waals surface area contributed by atoms with Gasteiger partial charge in [0.15, 0.2) is 4.60 Å². The quantitative estimate of drug-likeness (QED) is 0.864. The number of halogens is 1. The summed E-state index contributed by atoms with van der Waals surface area (Å²) in [5.74, 6) is 0. The van der Waals surface area contributed by atoms with Crippen molar-refractivity contribution in [2.24, 2.45) is 7.05 Å². The second-order valence-corrected chi connectivity index (χ2v) is 4.18. The van der Waals surface area contributed by atoms with E-state index in [-0.39, 0.29) is 0 Å². The molecule has 0 radical (unpaired) electrons. The number of hydrogen-bond donors (Lipinski definition) is 1. The van der Waals surface area contributed by atoms with Crippen LogP contribution in [0.3, 0.4) is 0 Å². The molecular formula is C6H6BrN5OS. The number of hydrogen-bond acceptors (Lipinski definition) is 6. The van der Waals surface area contributed by atoms with E-state index in [9.17, 15) is 5.11 Å². The minimum atomic E-state index is -0.788. The van der Waals surface area contributed by atoms with Gasteiger partial charge < -0.3 is 5.11 Å². The third-order valence-electron chi connectivity index (χ3n) is 1.73. The molecule has 0 spiro atoms. The van der Waals surface area contributed by atoms with Gasteiger partial charge in [-0.2, -0.15) is 0 Å². The molecule has 1 N–H and O–H groups in total. The zero-order chi connectivity index (χ0) is 10.1. The van der Waals surface area contributed by atoms with Crippen LogP contribution >= 0.6 is 27.5 Å². The molecule has 0 aliphatic carbocycles. The summed E-state index contributed by atoms with van der Waals surface area (Å²) in [7, 11) is 1.71. The largest absolute Gasteiger partial charge is 0.381 e. The maximum Gasteiger partial charge on any atom is 0.154 e. The summed E-state index contributed by atoms with van der Waals surface area (Å²) < 4.78 is 5.72. The Balaban J connectivity index is 2.41. The first-order valence-electron chi connectivity index (χ1n) is 3.70. The van der Waals surface area contributed by atoms with Crippen LogP contribution in [0.4, 0.5) is 0 Å². The Morgan fingerprint density at radius 2 is 2.43 bits per heavy atom. The van der Waals surface area contributed by atoms with Gasteiger partial charge in [0, 0.05) is 7.05 Å². The lowest BCUT2D eigenvalue weighted by Gasteiger charge is -2.06. The molecule has 2 heterocycles. The highest BCUT2D eigenvalue weighted by molar-refractivity contribution is 9.10. The Labute approximate surface area is 91.9 Å². The zero-order valence-electron chi connectivity index (χ0n) is 7.12. The molecule has 0 saturated heterocycles. The molecule has 0 aliphatic rings. The average molecular weight is 276 g/mol. The van der Waals surface area contributed by atoms with Crippen LogP contribution in [0.15, 0.2) is 10.8 Å². The van der Waals surface area contributed by atoms with Crippen LogP contribution < -0.4 is 0 Å². The standard InChI is InChI=1S/C6H6BrN5OS/c1-12-4(6(7)9-10-12)5(13)3-2-8-11-14-3/h2,5,13H,1H3. The molecule has 1 unspecified atom stereocenters. The Bertz CT molecular complexity index is 408. The van der Waals surface area contributed by atoms with Gasteiger partial charge in [0.2, 0.25) is 0 Å². The molecule has 0 bridgehead atoms. The van der Waals surface area contributed by atoms with E-state index in [1.165, 1.54) is 10.9 Å². The minimum absolute atomic E-state index is 0.529. The highest BCUT2D eigenvalue weighted by atomic mass is 79.9. The van der Waals surface area contributed by atoms with Crippen LogP contribution in [-0.2, 0) is 7.05 Å². The molecule has 1 atom stereocenters. The molecular weight excluding hydrogens is 270 g/mol. The summed E-state index contributed by atoms with van der Waals surface area (Å²) in [4.78, 5) is 0.663. The van der Waals surface area contributed by atoms with Crippen molar-refractivity contribution in [1.82, 2.24) is 24.6 Å². The highest BCUT2D eigenvalue weighted by Crippen LogP contribution is 2.27. The first-order valence-corrected chi connectivity index (χ1v) is 5.27. The molecule has 0 aromatic carbocycles. The fraction of sp³-hybridized carbons (Fsp3) is 0.333. The maximum absolute atomic E-state index is 9.93. The van der Waals surface area contributed by atoms with Crippen LogP contribution in [-0.4, -0.2) is 29.7 Å². The lowest BCUT2D eigenvalue weighted by atomic mass is 10.2. The van der Waals surface area contributed by atoms with Crippen molar-refractivity contribution in [3.63, 3.8) is 0 Å². The summed E-state index contributed by atoms with van der Waals surface area (Å²) in [6, 6.07) is 0. The Morgan fingerprint density at radius 1 is 1.64 bits per heavy atom. The van der Waals surface area contributed by atoms with Crippen LogP contribution in [0.5, 0.6) is 0 Å². The molecule has 2 aromatic rings. The molecule has 14 heavy (non-hydrogen) atoms.